The molecule has 0 amide bonds. The molecule has 0 spiro atoms. The lowest BCUT2D eigenvalue weighted by molar-refractivity contribution is 0.264. The maximum atomic E-state index is 3.71. The van der Waals surface area contributed by atoms with Gasteiger partial charge in [-0.05, 0) is 55.4 Å². The molecular weight excluding hydrogens is 286 g/mol. The average molecular weight is 310 g/mol. The highest BCUT2D eigenvalue weighted by molar-refractivity contribution is 9.10. The number of anilines is 1. The predicted molar refractivity (Wildman–Crippen MR) is 83.1 cm³/mol. The summed E-state index contributed by atoms with van der Waals surface area (Å²) in [5.41, 5.74) is 2.57. The van der Waals surface area contributed by atoms with Crippen molar-refractivity contribution >= 4 is 21.6 Å². The molecule has 1 aliphatic rings. The Morgan fingerprint density at radius 3 is 2.72 bits per heavy atom. The largest absolute Gasteiger partial charge is 0.382 e. The third-order valence-electron chi connectivity index (χ3n) is 4.19. The molecule has 2 heteroatoms. The molecule has 0 aliphatic heterocycles. The highest BCUT2D eigenvalue weighted by atomic mass is 79.9. The SMILES string of the molecule is Cc1cc(NC2CCCC(C(C)C)C2)ccc1Br. The summed E-state index contributed by atoms with van der Waals surface area (Å²) in [5.74, 6) is 1.72. The van der Waals surface area contributed by atoms with Crippen LogP contribution in [-0.2, 0) is 0 Å². The number of rotatable bonds is 3. The van der Waals surface area contributed by atoms with Crippen molar-refractivity contribution in [2.24, 2.45) is 11.8 Å². The standard InChI is InChI=1S/C16H24BrN/c1-11(2)13-5-4-6-14(10-13)18-15-7-8-16(17)12(3)9-15/h7-9,11,13-14,18H,4-6,10H2,1-3H3. The van der Waals surface area contributed by atoms with Crippen LogP contribution >= 0.6 is 15.9 Å². The number of hydrogen-bond donors (Lipinski definition) is 1. The number of nitrogens with one attached hydrogen (secondary N) is 1. The first-order chi connectivity index (χ1) is 8.56. The van der Waals surface area contributed by atoms with Crippen molar-refractivity contribution in [3.05, 3.63) is 28.2 Å². The monoisotopic (exact) mass is 309 g/mol. The first-order valence-corrected chi connectivity index (χ1v) is 7.88. The molecule has 2 rings (SSSR count). The van der Waals surface area contributed by atoms with Crippen LogP contribution in [0.3, 0.4) is 0 Å². The highest BCUT2D eigenvalue weighted by Crippen LogP contribution is 2.32. The smallest absolute Gasteiger partial charge is 0.0345 e. The van der Waals surface area contributed by atoms with Gasteiger partial charge in [-0.2, -0.15) is 0 Å². The summed E-state index contributed by atoms with van der Waals surface area (Å²) in [5, 5.41) is 3.71. The average Bonchev–Trinajstić information content (AvgIpc) is 2.34. The van der Waals surface area contributed by atoms with Gasteiger partial charge in [0, 0.05) is 16.2 Å². The van der Waals surface area contributed by atoms with Crippen LogP contribution in [0, 0.1) is 18.8 Å². The molecule has 100 valence electrons. The zero-order valence-corrected chi connectivity index (χ0v) is 13.3. The van der Waals surface area contributed by atoms with Gasteiger partial charge in [0.25, 0.3) is 0 Å². The van der Waals surface area contributed by atoms with Crippen molar-refractivity contribution < 1.29 is 0 Å². The predicted octanol–water partition coefficient (Wildman–Crippen LogP) is 5.38. The molecule has 1 N–H and O–H groups in total. The van der Waals surface area contributed by atoms with Gasteiger partial charge in [0.05, 0.1) is 0 Å². The van der Waals surface area contributed by atoms with Crippen molar-refractivity contribution in [3.8, 4) is 0 Å². The Kier molecular flexibility index (Phi) is 4.71. The Balaban J connectivity index is 1.98. The van der Waals surface area contributed by atoms with Crippen LogP contribution in [0.25, 0.3) is 0 Å². The summed E-state index contributed by atoms with van der Waals surface area (Å²) in [6.45, 7) is 6.86. The Labute approximate surface area is 119 Å². The van der Waals surface area contributed by atoms with Crippen LogP contribution < -0.4 is 5.32 Å². The van der Waals surface area contributed by atoms with Crippen molar-refractivity contribution in [2.45, 2.75) is 52.5 Å². The third kappa shape index (κ3) is 3.50. The number of aryl methyl sites for hydroxylation is 1. The second-order valence-electron chi connectivity index (χ2n) is 5.98. The van der Waals surface area contributed by atoms with Gasteiger partial charge < -0.3 is 5.32 Å². The Morgan fingerprint density at radius 1 is 1.28 bits per heavy atom. The lowest BCUT2D eigenvalue weighted by atomic mass is 9.79. The van der Waals surface area contributed by atoms with E-state index < -0.39 is 0 Å². The lowest BCUT2D eigenvalue weighted by Gasteiger charge is -2.32. The van der Waals surface area contributed by atoms with Crippen LogP contribution in [0.5, 0.6) is 0 Å². The maximum absolute atomic E-state index is 3.71. The van der Waals surface area contributed by atoms with Gasteiger partial charge in [0.2, 0.25) is 0 Å². The summed E-state index contributed by atoms with van der Waals surface area (Å²) in [6.07, 6.45) is 5.43. The van der Waals surface area contributed by atoms with Crippen LogP contribution in [0.1, 0.15) is 45.1 Å². The fraction of sp³-hybridized carbons (Fsp3) is 0.625. The van der Waals surface area contributed by atoms with E-state index >= 15 is 0 Å². The lowest BCUT2D eigenvalue weighted by Crippen LogP contribution is -2.29. The molecule has 0 radical (unpaired) electrons. The molecule has 18 heavy (non-hydrogen) atoms. The summed E-state index contributed by atoms with van der Waals surface area (Å²) in [4.78, 5) is 0. The quantitative estimate of drug-likeness (QED) is 0.790. The summed E-state index contributed by atoms with van der Waals surface area (Å²) in [6, 6.07) is 7.21. The Hall–Kier alpha value is -0.500. The molecule has 1 aromatic rings. The fourth-order valence-electron chi connectivity index (χ4n) is 2.93. The van der Waals surface area contributed by atoms with Gasteiger partial charge in [0.15, 0.2) is 0 Å². The highest BCUT2D eigenvalue weighted by Gasteiger charge is 2.23. The first-order valence-electron chi connectivity index (χ1n) is 7.09. The van der Waals surface area contributed by atoms with E-state index in [2.05, 4.69) is 60.2 Å². The van der Waals surface area contributed by atoms with E-state index in [-0.39, 0.29) is 0 Å². The number of benzene rings is 1. The first kappa shape index (κ1) is 13.9. The molecule has 1 aromatic carbocycles. The van der Waals surface area contributed by atoms with Crippen LogP contribution in [0.15, 0.2) is 22.7 Å². The zero-order valence-electron chi connectivity index (χ0n) is 11.7. The second kappa shape index (κ2) is 6.10. The third-order valence-corrected chi connectivity index (χ3v) is 5.08. The Morgan fingerprint density at radius 2 is 2.06 bits per heavy atom. The molecule has 1 aliphatic carbocycles. The van der Waals surface area contributed by atoms with Crippen molar-refractivity contribution in [1.29, 1.82) is 0 Å². The zero-order chi connectivity index (χ0) is 13.1. The van der Waals surface area contributed by atoms with Crippen molar-refractivity contribution in [2.75, 3.05) is 5.32 Å². The number of halogens is 1. The molecule has 2 atom stereocenters. The topological polar surface area (TPSA) is 12.0 Å². The number of hydrogen-bond acceptors (Lipinski definition) is 1. The second-order valence-corrected chi connectivity index (χ2v) is 6.83. The van der Waals surface area contributed by atoms with Crippen molar-refractivity contribution in [1.82, 2.24) is 0 Å². The molecule has 1 fully saturated rings. The minimum absolute atomic E-state index is 0.659. The van der Waals surface area contributed by atoms with E-state index in [1.807, 2.05) is 0 Å². The van der Waals surface area contributed by atoms with Gasteiger partial charge in [-0.25, -0.2) is 0 Å². The van der Waals surface area contributed by atoms with E-state index in [0.717, 1.165) is 11.8 Å². The van der Waals surface area contributed by atoms with E-state index in [1.165, 1.54) is 41.4 Å². The minimum atomic E-state index is 0.659. The molecule has 0 saturated heterocycles. The van der Waals surface area contributed by atoms with Crippen LogP contribution in [-0.4, -0.2) is 6.04 Å². The summed E-state index contributed by atoms with van der Waals surface area (Å²) >= 11 is 3.56. The normalized spacial score (nSPS) is 24.3. The molecule has 0 bridgehead atoms. The molecule has 1 nitrogen and oxygen atoms in total. The maximum Gasteiger partial charge on any atom is 0.0345 e. The summed E-state index contributed by atoms with van der Waals surface area (Å²) < 4.78 is 1.19. The van der Waals surface area contributed by atoms with E-state index in [9.17, 15) is 0 Å². The summed E-state index contributed by atoms with van der Waals surface area (Å²) in [7, 11) is 0. The van der Waals surface area contributed by atoms with Gasteiger partial charge in [-0.15, -0.1) is 0 Å². The van der Waals surface area contributed by atoms with E-state index in [1.54, 1.807) is 0 Å². The van der Waals surface area contributed by atoms with Gasteiger partial charge >= 0.3 is 0 Å². The fourth-order valence-corrected chi connectivity index (χ4v) is 3.18. The van der Waals surface area contributed by atoms with Gasteiger partial charge in [-0.3, -0.25) is 0 Å². The van der Waals surface area contributed by atoms with Crippen molar-refractivity contribution in [3.63, 3.8) is 0 Å². The van der Waals surface area contributed by atoms with E-state index in [4.69, 9.17) is 0 Å². The molecular formula is C16H24BrN. The molecule has 2 unspecified atom stereocenters. The van der Waals surface area contributed by atoms with Crippen LogP contribution in [0.4, 0.5) is 5.69 Å². The molecule has 0 aromatic heterocycles. The molecule has 0 heterocycles. The van der Waals surface area contributed by atoms with Gasteiger partial charge in [-0.1, -0.05) is 42.6 Å². The van der Waals surface area contributed by atoms with E-state index in [0.29, 0.717) is 6.04 Å². The van der Waals surface area contributed by atoms with Gasteiger partial charge in [0.1, 0.15) is 0 Å². The molecule has 1 saturated carbocycles. The van der Waals surface area contributed by atoms with Crippen LogP contribution in [0.2, 0.25) is 0 Å². The Bertz CT molecular complexity index is 400. The minimum Gasteiger partial charge on any atom is -0.382 e.